The molecule has 0 saturated carbocycles. The van der Waals surface area contributed by atoms with Crippen LogP contribution in [0, 0.1) is 11.3 Å². The van der Waals surface area contributed by atoms with Crippen LogP contribution < -0.4 is 10.6 Å². The van der Waals surface area contributed by atoms with Crippen molar-refractivity contribution in [3.8, 4) is 6.07 Å². The van der Waals surface area contributed by atoms with Crippen molar-refractivity contribution in [3.05, 3.63) is 65.9 Å². The van der Waals surface area contributed by atoms with E-state index in [2.05, 4.69) is 10.6 Å². The molecule has 0 aliphatic carbocycles. The molecule has 0 fully saturated rings. The van der Waals surface area contributed by atoms with E-state index in [4.69, 9.17) is 9.81 Å². The molecule has 0 radical (unpaired) electrons. The second kappa shape index (κ2) is 8.12. The first-order chi connectivity index (χ1) is 13.0. The largest absolute Gasteiger partial charge is 0.418 e. The van der Waals surface area contributed by atoms with Crippen molar-refractivity contribution in [1.82, 2.24) is 0 Å². The van der Waals surface area contributed by atoms with E-state index >= 15 is 0 Å². The monoisotopic (exact) mass is 411 g/mol. The summed E-state index contributed by atoms with van der Waals surface area (Å²) in [4.78, 5) is 11.7. The van der Waals surface area contributed by atoms with E-state index in [-0.39, 0.29) is 11.4 Å². The fourth-order valence-electron chi connectivity index (χ4n) is 2.09. The molecule has 0 atom stereocenters. The molecule has 146 valence electrons. The average Bonchev–Trinajstić information content (AvgIpc) is 2.61. The molecule has 28 heavy (non-hydrogen) atoms. The van der Waals surface area contributed by atoms with Gasteiger partial charge in [0.25, 0.3) is 16.0 Å². The Bertz CT molecular complexity index is 1070. The van der Waals surface area contributed by atoms with Crippen molar-refractivity contribution in [2.45, 2.75) is 11.1 Å². The van der Waals surface area contributed by atoms with E-state index in [1.54, 1.807) is 0 Å². The van der Waals surface area contributed by atoms with Gasteiger partial charge < -0.3 is 10.6 Å². The van der Waals surface area contributed by atoms with E-state index in [1.807, 2.05) is 0 Å². The van der Waals surface area contributed by atoms with Crippen molar-refractivity contribution in [2.24, 2.45) is 0 Å². The normalized spacial score (nSPS) is 12.2. The Morgan fingerprint density at radius 1 is 1.14 bits per heavy atom. The van der Waals surface area contributed by atoms with Gasteiger partial charge in [-0.2, -0.15) is 26.9 Å². The van der Waals surface area contributed by atoms with Gasteiger partial charge in [-0.15, -0.1) is 0 Å². The minimum atomic E-state index is -4.64. The van der Waals surface area contributed by atoms with E-state index in [0.29, 0.717) is 0 Å². The number of carbonyl (C=O) groups is 1. The van der Waals surface area contributed by atoms with Crippen molar-refractivity contribution >= 4 is 27.4 Å². The Labute approximate surface area is 157 Å². The first kappa shape index (κ1) is 20.9. The molecule has 2 aromatic carbocycles. The lowest BCUT2D eigenvalue weighted by atomic mass is 10.1. The summed E-state index contributed by atoms with van der Waals surface area (Å²) in [5, 5.41) is 13.6. The Balaban J connectivity index is 2.23. The number of benzene rings is 2. The standard InChI is InChI=1S/C17H12F3N3O4S/c18-17(19,20)14-6-1-2-7-15(14)22-10-11(9-21)16(24)23-12-4-3-5-13(8-12)28(25,26)27/h1-8,10,22H,(H,23,24)(H,25,26,27)/b11-10-. The highest BCUT2D eigenvalue weighted by molar-refractivity contribution is 7.85. The molecule has 7 nitrogen and oxygen atoms in total. The van der Waals surface area contributed by atoms with Crippen LogP contribution in [0.15, 0.2) is 65.2 Å². The molecular weight excluding hydrogens is 399 g/mol. The van der Waals surface area contributed by atoms with E-state index in [0.717, 1.165) is 30.5 Å². The fourth-order valence-corrected chi connectivity index (χ4v) is 2.61. The predicted octanol–water partition coefficient (Wildman–Crippen LogP) is 3.41. The number of hydrogen-bond acceptors (Lipinski definition) is 5. The van der Waals surface area contributed by atoms with E-state index in [9.17, 15) is 26.4 Å². The van der Waals surface area contributed by atoms with Crippen LogP contribution in [0.4, 0.5) is 24.5 Å². The van der Waals surface area contributed by atoms with Gasteiger partial charge in [-0.1, -0.05) is 18.2 Å². The number of hydrogen-bond donors (Lipinski definition) is 3. The number of para-hydroxylation sites is 1. The third-order valence-corrected chi connectivity index (χ3v) is 4.21. The van der Waals surface area contributed by atoms with Crippen molar-refractivity contribution in [3.63, 3.8) is 0 Å². The number of anilines is 2. The number of nitriles is 1. The molecule has 0 unspecified atom stereocenters. The molecule has 0 aromatic heterocycles. The number of carbonyl (C=O) groups excluding carboxylic acids is 1. The molecule has 1 amide bonds. The third-order valence-electron chi connectivity index (χ3n) is 3.36. The summed E-state index contributed by atoms with van der Waals surface area (Å²) in [5.74, 6) is -0.994. The number of rotatable bonds is 5. The molecule has 2 aromatic rings. The van der Waals surface area contributed by atoms with Gasteiger partial charge >= 0.3 is 6.18 Å². The van der Waals surface area contributed by atoms with Crippen LogP contribution in [-0.4, -0.2) is 18.9 Å². The van der Waals surface area contributed by atoms with Crippen LogP contribution >= 0.6 is 0 Å². The maximum atomic E-state index is 13.0. The molecule has 3 N–H and O–H groups in total. The maximum absolute atomic E-state index is 13.0. The molecule has 0 spiro atoms. The molecule has 0 heterocycles. The Hall–Kier alpha value is -3.36. The lowest BCUT2D eigenvalue weighted by Crippen LogP contribution is -2.15. The van der Waals surface area contributed by atoms with Crippen LogP contribution in [-0.2, 0) is 21.1 Å². The highest BCUT2D eigenvalue weighted by atomic mass is 32.2. The number of halogens is 3. The summed E-state index contributed by atoms with van der Waals surface area (Å²) in [7, 11) is -4.50. The highest BCUT2D eigenvalue weighted by Gasteiger charge is 2.33. The SMILES string of the molecule is N#C/C(=C/Nc1ccccc1C(F)(F)F)C(=O)Nc1cccc(S(=O)(=O)O)c1. The summed E-state index contributed by atoms with van der Waals surface area (Å²) < 4.78 is 70.1. The number of nitrogens with zero attached hydrogens (tertiary/aromatic N) is 1. The topological polar surface area (TPSA) is 119 Å². The van der Waals surface area contributed by atoms with Crippen LogP contribution in [0.2, 0.25) is 0 Å². The van der Waals surface area contributed by atoms with Gasteiger partial charge in [-0.3, -0.25) is 9.35 Å². The predicted molar refractivity (Wildman–Crippen MR) is 93.6 cm³/mol. The van der Waals surface area contributed by atoms with Crippen LogP contribution in [0.1, 0.15) is 5.56 Å². The first-order valence-corrected chi connectivity index (χ1v) is 8.88. The Kier molecular flexibility index (Phi) is 6.07. The summed E-state index contributed by atoms with van der Waals surface area (Å²) in [6, 6.07) is 10.6. The summed E-state index contributed by atoms with van der Waals surface area (Å²) in [6.45, 7) is 0. The summed E-state index contributed by atoms with van der Waals surface area (Å²) in [6.07, 6.45) is -3.84. The van der Waals surface area contributed by atoms with Crippen molar-refractivity contribution < 1.29 is 30.9 Å². The first-order valence-electron chi connectivity index (χ1n) is 7.44. The minimum Gasteiger partial charge on any atom is -0.360 e. The summed E-state index contributed by atoms with van der Waals surface area (Å²) in [5.41, 5.74) is -1.94. The molecule has 11 heteroatoms. The molecule has 0 bridgehead atoms. The number of nitrogens with one attached hydrogen (secondary N) is 2. The van der Waals surface area contributed by atoms with Gasteiger partial charge in [-0.25, -0.2) is 0 Å². The maximum Gasteiger partial charge on any atom is 0.418 e. The number of amides is 1. The molecule has 0 aliphatic heterocycles. The Morgan fingerprint density at radius 3 is 2.43 bits per heavy atom. The molecule has 0 saturated heterocycles. The second-order valence-corrected chi connectivity index (χ2v) is 6.74. The van der Waals surface area contributed by atoms with E-state index < -0.39 is 38.2 Å². The smallest absolute Gasteiger partial charge is 0.360 e. The quantitative estimate of drug-likeness (QED) is 0.394. The third kappa shape index (κ3) is 5.32. The average molecular weight is 411 g/mol. The van der Waals surface area contributed by atoms with Gasteiger partial charge in [0.05, 0.1) is 16.1 Å². The lowest BCUT2D eigenvalue weighted by molar-refractivity contribution is -0.136. The zero-order valence-corrected chi connectivity index (χ0v) is 14.7. The second-order valence-electron chi connectivity index (χ2n) is 5.31. The fraction of sp³-hybridized carbons (Fsp3) is 0.0588. The van der Waals surface area contributed by atoms with Gasteiger partial charge in [0.1, 0.15) is 11.6 Å². The Morgan fingerprint density at radius 2 is 1.82 bits per heavy atom. The van der Waals surface area contributed by atoms with Gasteiger partial charge in [0.15, 0.2) is 0 Å². The van der Waals surface area contributed by atoms with Crippen molar-refractivity contribution in [1.29, 1.82) is 5.26 Å². The molecule has 2 rings (SSSR count). The minimum absolute atomic E-state index is 0.0445. The van der Waals surface area contributed by atoms with Crippen molar-refractivity contribution in [2.75, 3.05) is 10.6 Å². The van der Waals surface area contributed by atoms with Gasteiger partial charge in [0.2, 0.25) is 0 Å². The number of alkyl halides is 3. The van der Waals surface area contributed by atoms with E-state index in [1.165, 1.54) is 30.3 Å². The summed E-state index contributed by atoms with van der Waals surface area (Å²) >= 11 is 0. The van der Waals surface area contributed by atoms with Crippen LogP contribution in [0.3, 0.4) is 0 Å². The zero-order chi connectivity index (χ0) is 20.9. The van der Waals surface area contributed by atoms with Gasteiger partial charge in [0, 0.05) is 11.9 Å². The van der Waals surface area contributed by atoms with Crippen LogP contribution in [0.5, 0.6) is 0 Å². The highest BCUT2D eigenvalue weighted by Crippen LogP contribution is 2.34. The molecular formula is C17H12F3N3O4S. The van der Waals surface area contributed by atoms with Gasteiger partial charge in [-0.05, 0) is 30.3 Å². The molecule has 0 aliphatic rings. The zero-order valence-electron chi connectivity index (χ0n) is 13.9. The van der Waals surface area contributed by atoms with Crippen LogP contribution in [0.25, 0.3) is 0 Å². The lowest BCUT2D eigenvalue weighted by Gasteiger charge is -2.12.